The van der Waals surface area contributed by atoms with Gasteiger partial charge in [0.15, 0.2) is 0 Å². The number of aryl methyl sites for hydroxylation is 1. The monoisotopic (exact) mass is 372 g/mol. The first kappa shape index (κ1) is 16.8. The van der Waals surface area contributed by atoms with Crippen molar-refractivity contribution in [2.24, 2.45) is 0 Å². The van der Waals surface area contributed by atoms with Crippen LogP contribution in [-0.4, -0.2) is 36.4 Å². The van der Waals surface area contributed by atoms with Crippen molar-refractivity contribution in [3.8, 4) is 11.4 Å². The van der Waals surface area contributed by atoms with Gasteiger partial charge < -0.3 is 9.97 Å². The van der Waals surface area contributed by atoms with Gasteiger partial charge in [0.1, 0.15) is 12.2 Å². The van der Waals surface area contributed by atoms with Gasteiger partial charge in [0, 0.05) is 54.7 Å². The molecule has 5 rings (SSSR count). The largest absolute Gasteiger partial charge is 0.361 e. The Morgan fingerprint density at radius 2 is 2.07 bits per heavy atom. The van der Waals surface area contributed by atoms with Crippen LogP contribution < -0.4 is 5.56 Å². The third kappa shape index (κ3) is 2.99. The smallest absolute Gasteiger partial charge is 0.254 e. The zero-order chi connectivity index (χ0) is 19.1. The zero-order valence-electron chi connectivity index (χ0n) is 15.6. The summed E-state index contributed by atoms with van der Waals surface area (Å²) in [6.45, 7) is 4.42. The molecule has 0 fully saturated rings. The summed E-state index contributed by atoms with van der Waals surface area (Å²) in [4.78, 5) is 33.8. The molecule has 28 heavy (non-hydrogen) atoms. The average molecular weight is 372 g/mol. The van der Waals surface area contributed by atoms with Crippen LogP contribution in [0.4, 0.5) is 0 Å². The first-order valence-corrected chi connectivity index (χ1v) is 9.34. The SMILES string of the molecule is Cc1ccc2[nH]cc(CN3CCc4c(nc(-c5cncnc5)[nH]c4=O)C3)c2c1. The van der Waals surface area contributed by atoms with E-state index in [0.717, 1.165) is 29.9 Å². The Kier molecular flexibility index (Phi) is 4.02. The molecule has 4 aromatic rings. The summed E-state index contributed by atoms with van der Waals surface area (Å²) in [6, 6.07) is 6.45. The predicted octanol–water partition coefficient (Wildman–Crippen LogP) is 2.57. The first-order chi connectivity index (χ1) is 13.7. The number of hydrogen-bond acceptors (Lipinski definition) is 5. The summed E-state index contributed by atoms with van der Waals surface area (Å²) < 4.78 is 0. The first-order valence-electron chi connectivity index (χ1n) is 9.34. The highest BCUT2D eigenvalue weighted by Crippen LogP contribution is 2.24. The number of H-pyrrole nitrogens is 2. The number of fused-ring (bicyclic) bond motifs is 2. The molecule has 0 radical (unpaired) electrons. The number of aromatic nitrogens is 5. The minimum Gasteiger partial charge on any atom is -0.361 e. The van der Waals surface area contributed by atoms with Crippen LogP contribution in [0.5, 0.6) is 0 Å². The van der Waals surface area contributed by atoms with Gasteiger partial charge in [0.25, 0.3) is 5.56 Å². The van der Waals surface area contributed by atoms with Crippen LogP contribution in [0, 0.1) is 6.92 Å². The summed E-state index contributed by atoms with van der Waals surface area (Å²) in [6.07, 6.45) is 7.56. The lowest BCUT2D eigenvalue weighted by molar-refractivity contribution is 0.241. The van der Waals surface area contributed by atoms with Crippen LogP contribution in [0.1, 0.15) is 22.4 Å². The van der Waals surface area contributed by atoms with Crippen LogP contribution in [0.15, 0.2) is 47.9 Å². The van der Waals surface area contributed by atoms with E-state index in [9.17, 15) is 4.79 Å². The molecule has 1 aliphatic heterocycles. The second-order valence-corrected chi connectivity index (χ2v) is 7.29. The molecule has 1 aliphatic rings. The normalized spacial score (nSPS) is 14.3. The maximum atomic E-state index is 12.5. The topological polar surface area (TPSA) is 90.6 Å². The minimum absolute atomic E-state index is 0.0637. The Labute approximate surface area is 161 Å². The van der Waals surface area contributed by atoms with Crippen LogP contribution in [0.25, 0.3) is 22.3 Å². The second-order valence-electron chi connectivity index (χ2n) is 7.29. The van der Waals surface area contributed by atoms with Crippen molar-refractivity contribution < 1.29 is 0 Å². The van der Waals surface area contributed by atoms with Crippen molar-refractivity contribution in [2.45, 2.75) is 26.4 Å². The molecular weight excluding hydrogens is 352 g/mol. The van der Waals surface area contributed by atoms with Crippen molar-refractivity contribution in [3.05, 3.63) is 75.9 Å². The molecule has 0 atom stereocenters. The van der Waals surface area contributed by atoms with E-state index in [1.807, 2.05) is 0 Å². The summed E-state index contributed by atoms with van der Waals surface area (Å²) in [5.74, 6) is 0.522. The Bertz CT molecular complexity index is 1210. The highest BCUT2D eigenvalue weighted by Gasteiger charge is 2.22. The lowest BCUT2D eigenvalue weighted by atomic mass is 10.0. The van der Waals surface area contributed by atoms with Crippen molar-refractivity contribution >= 4 is 10.9 Å². The van der Waals surface area contributed by atoms with Crippen LogP contribution >= 0.6 is 0 Å². The van der Waals surface area contributed by atoms with Crippen LogP contribution in [-0.2, 0) is 19.5 Å². The van der Waals surface area contributed by atoms with Gasteiger partial charge in [-0.15, -0.1) is 0 Å². The minimum atomic E-state index is -0.0637. The Balaban J connectivity index is 1.45. The molecule has 7 nitrogen and oxygen atoms in total. The van der Waals surface area contributed by atoms with Gasteiger partial charge in [-0.05, 0) is 31.0 Å². The molecule has 0 saturated carbocycles. The molecule has 0 saturated heterocycles. The standard InChI is InChI=1S/C21H20N6O/c1-13-2-3-18-17(6-13)15(9-24-18)10-27-5-4-16-19(11-27)25-20(26-21(16)28)14-7-22-12-23-8-14/h2-3,6-9,12,24H,4-5,10-11H2,1H3,(H,25,26,28). The van der Waals surface area contributed by atoms with Gasteiger partial charge in [-0.1, -0.05) is 11.6 Å². The van der Waals surface area contributed by atoms with E-state index in [2.05, 4.69) is 56.2 Å². The number of hydrogen-bond donors (Lipinski definition) is 2. The van der Waals surface area contributed by atoms with Crippen molar-refractivity contribution in [3.63, 3.8) is 0 Å². The molecule has 0 spiro atoms. The molecule has 3 aromatic heterocycles. The maximum absolute atomic E-state index is 12.5. The van der Waals surface area contributed by atoms with Crippen LogP contribution in [0.2, 0.25) is 0 Å². The van der Waals surface area contributed by atoms with Crippen LogP contribution in [0.3, 0.4) is 0 Å². The van der Waals surface area contributed by atoms with Crippen molar-refractivity contribution in [2.75, 3.05) is 6.54 Å². The molecule has 1 aromatic carbocycles. The van der Waals surface area contributed by atoms with E-state index in [-0.39, 0.29) is 5.56 Å². The Morgan fingerprint density at radius 3 is 2.93 bits per heavy atom. The van der Waals surface area contributed by atoms with E-state index in [0.29, 0.717) is 24.4 Å². The maximum Gasteiger partial charge on any atom is 0.254 e. The van der Waals surface area contributed by atoms with Gasteiger partial charge >= 0.3 is 0 Å². The highest BCUT2D eigenvalue weighted by molar-refractivity contribution is 5.83. The molecule has 0 bridgehead atoms. The lowest BCUT2D eigenvalue weighted by Crippen LogP contribution is -2.35. The van der Waals surface area contributed by atoms with Gasteiger partial charge in [0.2, 0.25) is 0 Å². The number of nitrogens with zero attached hydrogens (tertiary/aromatic N) is 4. The fraction of sp³-hybridized carbons (Fsp3) is 0.238. The third-order valence-electron chi connectivity index (χ3n) is 5.30. The number of aromatic amines is 2. The molecule has 0 unspecified atom stereocenters. The molecular formula is C21H20N6O. The van der Waals surface area contributed by atoms with Crippen molar-refractivity contribution in [1.82, 2.24) is 29.8 Å². The average Bonchev–Trinajstić information content (AvgIpc) is 3.10. The fourth-order valence-corrected chi connectivity index (χ4v) is 3.85. The van der Waals surface area contributed by atoms with E-state index >= 15 is 0 Å². The third-order valence-corrected chi connectivity index (χ3v) is 5.30. The molecule has 4 heterocycles. The van der Waals surface area contributed by atoms with Gasteiger partial charge in [-0.25, -0.2) is 15.0 Å². The predicted molar refractivity (Wildman–Crippen MR) is 107 cm³/mol. The van der Waals surface area contributed by atoms with E-state index in [1.165, 1.54) is 22.8 Å². The molecule has 140 valence electrons. The lowest BCUT2D eigenvalue weighted by Gasteiger charge is -2.27. The summed E-state index contributed by atoms with van der Waals surface area (Å²) in [5, 5.41) is 1.26. The molecule has 0 aliphatic carbocycles. The Morgan fingerprint density at radius 1 is 1.21 bits per heavy atom. The fourth-order valence-electron chi connectivity index (χ4n) is 3.85. The van der Waals surface area contributed by atoms with E-state index < -0.39 is 0 Å². The van der Waals surface area contributed by atoms with E-state index in [4.69, 9.17) is 4.98 Å². The summed E-state index contributed by atoms with van der Waals surface area (Å²) in [5.41, 5.74) is 5.94. The molecule has 7 heteroatoms. The molecule has 0 amide bonds. The van der Waals surface area contributed by atoms with Gasteiger partial charge in [0.05, 0.1) is 11.3 Å². The highest BCUT2D eigenvalue weighted by atomic mass is 16.1. The second kappa shape index (κ2) is 6.69. The van der Waals surface area contributed by atoms with Gasteiger partial charge in [-0.2, -0.15) is 0 Å². The van der Waals surface area contributed by atoms with Crippen molar-refractivity contribution in [1.29, 1.82) is 0 Å². The summed E-state index contributed by atoms with van der Waals surface area (Å²) in [7, 11) is 0. The Hall–Kier alpha value is -3.32. The number of rotatable bonds is 3. The number of benzene rings is 1. The quantitative estimate of drug-likeness (QED) is 0.577. The zero-order valence-corrected chi connectivity index (χ0v) is 15.6. The molecule has 2 N–H and O–H groups in total. The van der Waals surface area contributed by atoms with E-state index in [1.54, 1.807) is 12.4 Å². The van der Waals surface area contributed by atoms with Gasteiger partial charge in [-0.3, -0.25) is 9.69 Å². The summed E-state index contributed by atoms with van der Waals surface area (Å²) >= 11 is 0. The number of nitrogens with one attached hydrogen (secondary N) is 2.